The zero-order valence-corrected chi connectivity index (χ0v) is 33.9. The highest BCUT2D eigenvalue weighted by molar-refractivity contribution is 7.36. The van der Waals surface area contributed by atoms with Crippen LogP contribution in [0.4, 0.5) is 0 Å². The first kappa shape index (κ1) is 36.9. The van der Waals surface area contributed by atoms with E-state index in [4.69, 9.17) is 13.1 Å². The van der Waals surface area contributed by atoms with Gasteiger partial charge in [0.05, 0.1) is 25.3 Å². The minimum Gasteiger partial charge on any atom is -0.227 e. The van der Waals surface area contributed by atoms with Crippen molar-refractivity contribution in [2.75, 3.05) is 0 Å². The fraction of sp³-hybridized carbons (Fsp3) is 0.317. The number of rotatable bonds is 14. The van der Waals surface area contributed by atoms with Crippen molar-refractivity contribution in [1.82, 2.24) is 0 Å². The summed E-state index contributed by atoms with van der Waals surface area (Å²) in [5, 5.41) is 18.9. The van der Waals surface area contributed by atoms with Gasteiger partial charge in [-0.3, -0.25) is 0 Å². The number of allylic oxidation sites excluding steroid dienone is 2. The van der Waals surface area contributed by atoms with Gasteiger partial charge in [0.15, 0.2) is 0 Å². The number of nitriles is 2. The van der Waals surface area contributed by atoms with Crippen molar-refractivity contribution in [2.24, 2.45) is 0 Å². The van der Waals surface area contributed by atoms with E-state index in [0.717, 1.165) is 54.7 Å². The van der Waals surface area contributed by atoms with Crippen molar-refractivity contribution >= 4 is 99.0 Å². The summed E-state index contributed by atoms with van der Waals surface area (Å²) in [6.07, 6.45) is 11.2. The molecule has 0 spiro atoms. The van der Waals surface area contributed by atoms with E-state index in [9.17, 15) is 10.5 Å². The van der Waals surface area contributed by atoms with E-state index < -0.39 is 0 Å². The van der Waals surface area contributed by atoms with Crippen molar-refractivity contribution in [3.63, 3.8) is 0 Å². The molecule has 4 nitrogen and oxygen atoms in total. The lowest BCUT2D eigenvalue weighted by atomic mass is 9.90. The summed E-state index contributed by atoms with van der Waals surface area (Å²) in [5.74, 6) is 0.845. The summed E-state index contributed by atoms with van der Waals surface area (Å²) in [6.45, 7) is 23.7. The van der Waals surface area contributed by atoms with Gasteiger partial charge in [0.25, 0.3) is 11.4 Å². The van der Waals surface area contributed by atoms with Crippen LogP contribution in [0.5, 0.6) is 0 Å². The molecular formula is C41H36N4S6. The standard InChI is InChI=1S/C41H36N4S6/c1-7-11-24(10-4)28-16-32(46-30(28)14-26(22-42)44-5)34-18-36-38(48-34)20-40(50-36)41-21-39-37(51-41)19-35(49-39)33-17-29(25(12-8-2)13-9-3)31(47-33)15-27(23-43)45-6/h14-21,24-25H,7-13H2,1-4H3/b26-14-,27-15+. The van der Waals surface area contributed by atoms with Crippen LogP contribution in [0.25, 0.3) is 69.9 Å². The molecule has 0 N–H and O–H groups in total. The zero-order chi connectivity index (χ0) is 36.1. The first-order chi connectivity index (χ1) is 24.9. The first-order valence-electron chi connectivity index (χ1n) is 17.2. The average molecular weight is 777 g/mol. The quantitative estimate of drug-likeness (QED) is 0.0817. The predicted molar refractivity (Wildman–Crippen MR) is 226 cm³/mol. The summed E-state index contributed by atoms with van der Waals surface area (Å²) in [7, 11) is 0. The summed E-state index contributed by atoms with van der Waals surface area (Å²) in [4.78, 5) is 16.4. The molecule has 0 amide bonds. The number of fused-ring (bicyclic) bond motifs is 2. The third kappa shape index (κ3) is 7.84. The number of hydrogen-bond donors (Lipinski definition) is 0. The molecule has 0 aliphatic carbocycles. The zero-order valence-electron chi connectivity index (χ0n) is 29.0. The van der Waals surface area contributed by atoms with Crippen molar-refractivity contribution < 1.29 is 0 Å². The second-order valence-corrected chi connectivity index (χ2v) is 18.9. The molecule has 0 aromatic carbocycles. The van der Waals surface area contributed by atoms with E-state index >= 15 is 0 Å². The van der Waals surface area contributed by atoms with Gasteiger partial charge in [0.1, 0.15) is 0 Å². The molecule has 0 saturated heterocycles. The number of hydrogen-bond acceptors (Lipinski definition) is 8. The summed E-state index contributed by atoms with van der Waals surface area (Å²) < 4.78 is 5.14. The van der Waals surface area contributed by atoms with Gasteiger partial charge in [0.2, 0.25) is 0 Å². The van der Waals surface area contributed by atoms with Crippen LogP contribution in [0.1, 0.15) is 105 Å². The Balaban J connectivity index is 1.29. The highest BCUT2D eigenvalue weighted by Crippen LogP contribution is 2.50. The molecule has 1 unspecified atom stereocenters. The van der Waals surface area contributed by atoms with E-state index in [0.29, 0.717) is 11.8 Å². The minimum absolute atomic E-state index is 0.135. The highest BCUT2D eigenvalue weighted by Gasteiger charge is 2.22. The van der Waals surface area contributed by atoms with Crippen molar-refractivity contribution in [2.45, 2.75) is 84.5 Å². The van der Waals surface area contributed by atoms with Gasteiger partial charge in [-0.25, -0.2) is 20.2 Å². The third-order valence-corrected chi connectivity index (χ3v) is 16.4. The Morgan fingerprint density at radius 2 is 0.902 bits per heavy atom. The van der Waals surface area contributed by atoms with Gasteiger partial charge in [-0.2, -0.15) is 0 Å². The van der Waals surface area contributed by atoms with Crippen LogP contribution in [-0.2, 0) is 0 Å². The number of nitrogens with zero attached hydrogens (tertiary/aromatic N) is 4. The van der Waals surface area contributed by atoms with Gasteiger partial charge in [-0.05, 0) is 97.2 Å². The summed E-state index contributed by atoms with van der Waals surface area (Å²) >= 11 is 10.7. The molecule has 6 aromatic rings. The lowest BCUT2D eigenvalue weighted by Crippen LogP contribution is -1.98. The Kier molecular flexibility index (Phi) is 12.1. The molecule has 0 saturated carbocycles. The van der Waals surface area contributed by atoms with E-state index in [1.165, 1.54) is 59.2 Å². The fourth-order valence-electron chi connectivity index (χ4n) is 6.61. The molecule has 0 fully saturated rings. The molecular weight excluding hydrogens is 741 g/mol. The highest BCUT2D eigenvalue weighted by atomic mass is 32.1. The minimum atomic E-state index is 0.135. The molecule has 1 atom stereocenters. The van der Waals surface area contributed by atoms with Crippen molar-refractivity contribution in [3.05, 3.63) is 91.5 Å². The van der Waals surface area contributed by atoms with Gasteiger partial charge in [-0.15, -0.1) is 68.0 Å². The maximum absolute atomic E-state index is 9.49. The van der Waals surface area contributed by atoms with Crippen LogP contribution in [-0.4, -0.2) is 0 Å². The van der Waals surface area contributed by atoms with E-state index in [-0.39, 0.29) is 11.4 Å². The monoisotopic (exact) mass is 776 g/mol. The fourth-order valence-corrected chi connectivity index (χ4v) is 14.0. The Morgan fingerprint density at radius 1 is 0.569 bits per heavy atom. The molecule has 256 valence electrons. The molecule has 0 radical (unpaired) electrons. The van der Waals surface area contributed by atoms with Crippen molar-refractivity contribution in [1.29, 1.82) is 10.5 Å². The van der Waals surface area contributed by atoms with Crippen LogP contribution in [0.2, 0.25) is 0 Å². The van der Waals surface area contributed by atoms with Gasteiger partial charge < -0.3 is 0 Å². The number of thiophene rings is 6. The largest absolute Gasteiger partial charge is 0.263 e. The Bertz CT molecular complexity index is 2320. The lowest BCUT2D eigenvalue weighted by Gasteiger charge is -2.15. The second-order valence-electron chi connectivity index (χ2n) is 12.4. The molecule has 0 aliphatic heterocycles. The normalized spacial score (nSPS) is 12.7. The van der Waals surface area contributed by atoms with Crippen LogP contribution in [0.15, 0.2) is 47.8 Å². The van der Waals surface area contributed by atoms with Gasteiger partial charge in [-0.1, -0.05) is 47.0 Å². The predicted octanol–water partition coefficient (Wildman–Crippen LogP) is 15.9. The molecule has 0 bridgehead atoms. The molecule has 6 rings (SSSR count). The van der Waals surface area contributed by atoms with Crippen LogP contribution in [0.3, 0.4) is 0 Å². The van der Waals surface area contributed by atoms with E-state index in [2.05, 4.69) is 79.9 Å². The molecule has 6 heterocycles. The average Bonchev–Trinajstić information content (AvgIpc) is 3.97. The lowest BCUT2D eigenvalue weighted by molar-refractivity contribution is 0.562. The first-order valence-corrected chi connectivity index (χ1v) is 22.1. The second kappa shape index (κ2) is 16.7. The molecule has 6 aromatic heterocycles. The van der Waals surface area contributed by atoms with Crippen molar-refractivity contribution in [3.8, 4) is 41.4 Å². The molecule has 51 heavy (non-hydrogen) atoms. The topological polar surface area (TPSA) is 56.3 Å². The molecule has 10 heteroatoms. The Hall–Kier alpha value is -3.84. The summed E-state index contributed by atoms with van der Waals surface area (Å²) in [6, 6.07) is 18.0. The van der Waals surface area contributed by atoms with Gasteiger partial charge in [0, 0.05) is 57.8 Å². The summed E-state index contributed by atoms with van der Waals surface area (Å²) in [5.41, 5.74) is 2.81. The molecule has 0 aliphatic rings. The van der Waals surface area contributed by atoms with E-state index in [1.807, 2.05) is 51.4 Å². The Morgan fingerprint density at radius 3 is 1.22 bits per heavy atom. The van der Waals surface area contributed by atoms with Crippen LogP contribution in [0, 0.1) is 35.8 Å². The smallest absolute Gasteiger partial charge is 0.227 e. The van der Waals surface area contributed by atoms with Crippen LogP contribution >= 0.6 is 68.0 Å². The third-order valence-electron chi connectivity index (χ3n) is 9.01. The van der Waals surface area contributed by atoms with Gasteiger partial charge >= 0.3 is 0 Å². The maximum Gasteiger partial charge on any atom is 0.263 e. The van der Waals surface area contributed by atoms with E-state index in [1.54, 1.807) is 34.8 Å². The Labute approximate surface area is 324 Å². The maximum atomic E-state index is 9.49. The SMILES string of the molecule is [C-]#[N+]/C(C#N)=C\c1sc(-c2cc3sc(-c4cc5sc(-c6cc(C(CCC)CCC)c(/C=C(\C#N)[N+]#[C-])s6)cc5s4)cc3s2)cc1C(CC)CCC. The van der Waals surface area contributed by atoms with Crippen LogP contribution < -0.4 is 0 Å².